The van der Waals surface area contributed by atoms with E-state index in [4.69, 9.17) is 9.47 Å². The van der Waals surface area contributed by atoms with Gasteiger partial charge in [0.1, 0.15) is 11.5 Å². The monoisotopic (exact) mass is 379 g/mol. The minimum Gasteiger partial charge on any atom is -0.457 e. The van der Waals surface area contributed by atoms with Crippen LogP contribution in [-0.4, -0.2) is 29.5 Å². The molecule has 0 unspecified atom stereocenters. The van der Waals surface area contributed by atoms with Crippen molar-refractivity contribution in [3.63, 3.8) is 0 Å². The first-order chi connectivity index (χ1) is 13.4. The molecule has 2 aromatic carbocycles. The number of carbonyl (C=O) groups excluding carboxylic acids is 1. The molecule has 1 aliphatic heterocycles. The third-order valence-electron chi connectivity index (χ3n) is 5.37. The molecule has 1 heterocycles. The summed E-state index contributed by atoms with van der Waals surface area (Å²) in [5, 5.41) is 0. The quantitative estimate of drug-likeness (QED) is 0.702. The topological polar surface area (TPSA) is 38.8 Å². The minimum atomic E-state index is -0.173. The number of nitrogens with zero attached hydrogens (tertiary/aromatic N) is 1. The predicted octanol–water partition coefficient (Wildman–Crippen LogP) is 5.52. The Morgan fingerprint density at radius 1 is 1.07 bits per heavy atom. The smallest absolute Gasteiger partial charge is 0.253 e. The summed E-state index contributed by atoms with van der Waals surface area (Å²) in [4.78, 5) is 14.6. The number of carbonyl (C=O) groups is 1. The van der Waals surface area contributed by atoms with E-state index >= 15 is 0 Å². The van der Waals surface area contributed by atoms with E-state index in [9.17, 15) is 4.79 Å². The van der Waals surface area contributed by atoms with Crippen LogP contribution >= 0.6 is 0 Å². The fraction of sp³-hybridized carbons (Fsp3) is 0.458. The van der Waals surface area contributed by atoms with Crippen LogP contribution in [0.2, 0.25) is 0 Å². The van der Waals surface area contributed by atoms with Gasteiger partial charge in [-0.15, -0.1) is 0 Å². The summed E-state index contributed by atoms with van der Waals surface area (Å²) in [6, 6.07) is 13.7. The zero-order chi connectivity index (χ0) is 19.7. The van der Waals surface area contributed by atoms with E-state index < -0.39 is 0 Å². The number of hydrogen-bond donors (Lipinski definition) is 0. The van der Waals surface area contributed by atoms with Crippen molar-refractivity contribution in [1.82, 2.24) is 4.90 Å². The van der Waals surface area contributed by atoms with Gasteiger partial charge in [0.25, 0.3) is 5.91 Å². The maximum atomic E-state index is 12.7. The van der Waals surface area contributed by atoms with Gasteiger partial charge >= 0.3 is 0 Å². The van der Waals surface area contributed by atoms with Crippen molar-refractivity contribution in [3.8, 4) is 11.5 Å². The lowest BCUT2D eigenvalue weighted by Gasteiger charge is -2.25. The molecule has 1 fully saturated rings. The first-order valence-electron chi connectivity index (χ1n) is 10.3. The molecule has 28 heavy (non-hydrogen) atoms. The lowest BCUT2D eigenvalue weighted by atomic mass is 10.1. The van der Waals surface area contributed by atoms with Crippen molar-refractivity contribution < 1.29 is 14.3 Å². The third kappa shape index (κ3) is 4.07. The third-order valence-corrected chi connectivity index (χ3v) is 5.37. The van der Waals surface area contributed by atoms with Crippen LogP contribution in [-0.2, 0) is 11.2 Å². The maximum absolute atomic E-state index is 12.7. The number of benzene rings is 2. The van der Waals surface area contributed by atoms with Crippen molar-refractivity contribution in [2.24, 2.45) is 0 Å². The van der Waals surface area contributed by atoms with Crippen molar-refractivity contribution >= 4 is 5.91 Å². The Kier molecular flexibility index (Phi) is 5.15. The number of likely N-dealkylation sites (tertiary alicyclic amines) is 1. The predicted molar refractivity (Wildman–Crippen MR) is 110 cm³/mol. The van der Waals surface area contributed by atoms with Gasteiger partial charge in [0.05, 0.1) is 11.7 Å². The van der Waals surface area contributed by atoms with Gasteiger partial charge in [-0.2, -0.15) is 0 Å². The normalized spacial score (nSPS) is 19.0. The lowest BCUT2D eigenvalue weighted by Crippen LogP contribution is -2.27. The van der Waals surface area contributed by atoms with Gasteiger partial charge in [-0.05, 0) is 76.3 Å². The Morgan fingerprint density at radius 2 is 1.82 bits per heavy atom. The van der Waals surface area contributed by atoms with Crippen LogP contribution in [0.4, 0.5) is 0 Å². The highest BCUT2D eigenvalue weighted by Gasteiger charge is 2.29. The standard InChI is InChI=1S/C24H29NO3/c1-24(2,3)28-22-13-12-20-19(22)10-7-11-21(20)27-18-9-6-8-17(16-18)23(26)25-14-4-5-15-25/h6-11,16,22H,4-5,12-15H2,1-3H3/t22-/m1/s1. The fourth-order valence-electron chi connectivity index (χ4n) is 4.15. The molecule has 0 radical (unpaired) electrons. The molecular formula is C24H29NO3. The van der Waals surface area contributed by atoms with Gasteiger partial charge in [0, 0.05) is 24.2 Å². The molecule has 148 valence electrons. The molecule has 2 aliphatic rings. The number of amides is 1. The molecule has 0 saturated carbocycles. The zero-order valence-corrected chi connectivity index (χ0v) is 17.0. The van der Waals surface area contributed by atoms with Crippen LogP contribution in [0.15, 0.2) is 42.5 Å². The molecule has 4 rings (SSSR count). The number of rotatable bonds is 4. The lowest BCUT2D eigenvalue weighted by molar-refractivity contribution is -0.0605. The Balaban J connectivity index is 1.54. The van der Waals surface area contributed by atoms with Crippen molar-refractivity contribution in [2.45, 2.75) is 58.2 Å². The Morgan fingerprint density at radius 3 is 2.57 bits per heavy atom. The van der Waals surface area contributed by atoms with Gasteiger partial charge in [-0.25, -0.2) is 0 Å². The molecule has 1 atom stereocenters. The summed E-state index contributed by atoms with van der Waals surface area (Å²) in [5.41, 5.74) is 2.96. The largest absolute Gasteiger partial charge is 0.457 e. The van der Waals surface area contributed by atoms with Crippen LogP contribution in [0.25, 0.3) is 0 Å². The van der Waals surface area contributed by atoms with Crippen molar-refractivity contribution in [3.05, 3.63) is 59.2 Å². The molecule has 0 aromatic heterocycles. The molecule has 4 nitrogen and oxygen atoms in total. The minimum absolute atomic E-state index is 0.0971. The van der Waals surface area contributed by atoms with E-state index in [-0.39, 0.29) is 17.6 Å². The van der Waals surface area contributed by atoms with Crippen molar-refractivity contribution in [2.75, 3.05) is 13.1 Å². The van der Waals surface area contributed by atoms with Crippen LogP contribution in [0, 0.1) is 0 Å². The van der Waals surface area contributed by atoms with Crippen LogP contribution in [0.5, 0.6) is 11.5 Å². The Hall–Kier alpha value is -2.33. The molecule has 1 aliphatic carbocycles. The highest BCUT2D eigenvalue weighted by Crippen LogP contribution is 2.42. The number of fused-ring (bicyclic) bond motifs is 1. The summed E-state index contributed by atoms with van der Waals surface area (Å²) in [6.45, 7) is 7.98. The molecule has 0 N–H and O–H groups in total. The second-order valence-electron chi connectivity index (χ2n) is 8.71. The van der Waals surface area contributed by atoms with E-state index in [1.807, 2.05) is 41.3 Å². The van der Waals surface area contributed by atoms with Crippen LogP contribution in [0.1, 0.15) is 67.6 Å². The van der Waals surface area contributed by atoms with Gasteiger partial charge < -0.3 is 14.4 Å². The highest BCUT2D eigenvalue weighted by molar-refractivity contribution is 5.94. The Bertz CT molecular complexity index is 862. The molecule has 4 heteroatoms. The summed E-state index contributed by atoms with van der Waals surface area (Å²) >= 11 is 0. The molecule has 1 amide bonds. The molecule has 2 aromatic rings. The summed E-state index contributed by atoms with van der Waals surface area (Å²) in [7, 11) is 0. The zero-order valence-electron chi connectivity index (χ0n) is 17.0. The van der Waals surface area contributed by atoms with E-state index in [2.05, 4.69) is 26.8 Å². The highest BCUT2D eigenvalue weighted by atomic mass is 16.5. The molecular weight excluding hydrogens is 350 g/mol. The average Bonchev–Trinajstić information content (AvgIpc) is 3.31. The number of hydrogen-bond acceptors (Lipinski definition) is 3. The SMILES string of the molecule is CC(C)(C)O[C@@H]1CCc2c(Oc3cccc(C(=O)N4CCCC4)c3)cccc21. The second kappa shape index (κ2) is 7.59. The average molecular weight is 380 g/mol. The van der Waals surface area contributed by atoms with E-state index in [1.165, 1.54) is 11.1 Å². The van der Waals surface area contributed by atoms with Gasteiger partial charge in [-0.1, -0.05) is 18.2 Å². The van der Waals surface area contributed by atoms with E-state index in [0.717, 1.165) is 44.5 Å². The Labute approximate surface area is 167 Å². The molecule has 0 bridgehead atoms. The summed E-state index contributed by atoms with van der Waals surface area (Å²) < 4.78 is 12.5. The van der Waals surface area contributed by atoms with E-state index in [0.29, 0.717) is 11.3 Å². The second-order valence-corrected chi connectivity index (χ2v) is 8.71. The fourth-order valence-corrected chi connectivity index (χ4v) is 4.15. The van der Waals surface area contributed by atoms with Gasteiger partial charge in [0.15, 0.2) is 0 Å². The first kappa shape index (κ1) is 19.0. The van der Waals surface area contributed by atoms with Gasteiger partial charge in [0.2, 0.25) is 0 Å². The summed E-state index contributed by atoms with van der Waals surface area (Å²) in [5.74, 6) is 1.67. The first-order valence-corrected chi connectivity index (χ1v) is 10.3. The maximum Gasteiger partial charge on any atom is 0.253 e. The van der Waals surface area contributed by atoms with Gasteiger partial charge in [-0.3, -0.25) is 4.79 Å². The van der Waals surface area contributed by atoms with Crippen LogP contribution in [0.3, 0.4) is 0 Å². The van der Waals surface area contributed by atoms with Crippen molar-refractivity contribution in [1.29, 1.82) is 0 Å². The molecule has 0 spiro atoms. The van der Waals surface area contributed by atoms with E-state index in [1.54, 1.807) is 0 Å². The van der Waals surface area contributed by atoms with Crippen LogP contribution < -0.4 is 4.74 Å². The number of ether oxygens (including phenoxy) is 2. The summed E-state index contributed by atoms with van der Waals surface area (Å²) in [6.07, 6.45) is 4.21. The molecule has 1 saturated heterocycles.